The number of rotatable bonds is 5. The summed E-state index contributed by atoms with van der Waals surface area (Å²) in [6.45, 7) is 9.00. The number of hydrogen-bond donors (Lipinski definition) is 2. The fourth-order valence-electron chi connectivity index (χ4n) is 1.13. The first-order valence-electron chi connectivity index (χ1n) is 5.38. The summed E-state index contributed by atoms with van der Waals surface area (Å²) in [4.78, 5) is 1.37. The van der Waals surface area contributed by atoms with Crippen LogP contribution in [-0.4, -0.2) is 11.3 Å². The van der Waals surface area contributed by atoms with E-state index in [1.807, 2.05) is 10.8 Å². The third kappa shape index (κ3) is 4.96. The van der Waals surface area contributed by atoms with Gasteiger partial charge in [-0.3, -0.25) is 4.72 Å². The minimum absolute atomic E-state index is 0.169. The van der Waals surface area contributed by atoms with Crippen LogP contribution in [0.25, 0.3) is 0 Å². The number of benzene rings is 1. The Morgan fingerprint density at radius 2 is 1.67 bits per heavy atom. The third-order valence-corrected chi connectivity index (χ3v) is 6.99. The van der Waals surface area contributed by atoms with E-state index in [0.29, 0.717) is 11.3 Å². The maximum atomic E-state index is 3.66. The molecule has 0 aliphatic carbocycles. The zero-order valence-electron chi connectivity index (χ0n) is 9.90. The van der Waals surface area contributed by atoms with Crippen molar-refractivity contribution in [1.29, 1.82) is 0 Å². The summed E-state index contributed by atoms with van der Waals surface area (Å²) in [7, 11) is 1.81. The molecule has 0 aromatic heterocycles. The van der Waals surface area contributed by atoms with Crippen molar-refractivity contribution in [3.8, 4) is 0 Å². The Bertz CT molecular complexity index is 272. The molecule has 1 atom stereocenters. The molecule has 0 fully saturated rings. The van der Waals surface area contributed by atoms with E-state index in [1.54, 1.807) is 0 Å². The van der Waals surface area contributed by atoms with Crippen LogP contribution in [0, 0.1) is 0 Å². The van der Waals surface area contributed by atoms with Gasteiger partial charge in [-0.05, 0) is 26.0 Å². The van der Waals surface area contributed by atoms with E-state index in [-0.39, 0.29) is 10.1 Å². The lowest BCUT2D eigenvalue weighted by Crippen LogP contribution is -2.21. The van der Waals surface area contributed by atoms with Gasteiger partial charge in [-0.2, -0.15) is 0 Å². The second-order valence-electron chi connectivity index (χ2n) is 4.11. The van der Waals surface area contributed by atoms with Crippen LogP contribution < -0.4 is 4.72 Å². The van der Waals surface area contributed by atoms with Crippen molar-refractivity contribution in [1.82, 2.24) is 4.72 Å². The molecular weight excluding hydrogens is 222 g/mol. The van der Waals surface area contributed by atoms with Crippen LogP contribution in [0.1, 0.15) is 27.7 Å². The monoisotopic (exact) mass is 243 g/mol. The molecule has 1 N–H and O–H groups in total. The van der Waals surface area contributed by atoms with Crippen LogP contribution >= 0.6 is 20.9 Å². The van der Waals surface area contributed by atoms with Gasteiger partial charge in [0.05, 0.1) is 0 Å². The Balaban J connectivity index is 2.59. The number of thiol groups is 1. The average Bonchev–Trinajstić information content (AvgIpc) is 2.17. The Kier molecular flexibility index (Phi) is 5.58. The maximum absolute atomic E-state index is 3.66. The van der Waals surface area contributed by atoms with Crippen molar-refractivity contribution < 1.29 is 0 Å². The lowest BCUT2D eigenvalue weighted by molar-refractivity contribution is 0.765. The minimum atomic E-state index is -0.169. The molecule has 0 aliphatic rings. The summed E-state index contributed by atoms with van der Waals surface area (Å²) in [5, 5.41) is 0.701. The molecule has 1 unspecified atom stereocenters. The van der Waals surface area contributed by atoms with Gasteiger partial charge >= 0.3 is 0 Å². The van der Waals surface area contributed by atoms with Crippen molar-refractivity contribution >= 4 is 20.9 Å². The van der Waals surface area contributed by atoms with Gasteiger partial charge in [-0.1, -0.05) is 42.8 Å². The molecule has 0 saturated carbocycles. The molecule has 86 valence electrons. The first-order valence-corrected chi connectivity index (χ1v) is 8.21. The predicted octanol–water partition coefficient (Wildman–Crippen LogP) is 4.02. The van der Waals surface area contributed by atoms with Gasteiger partial charge in [0, 0.05) is 16.2 Å². The first-order chi connectivity index (χ1) is 7.09. The smallest absolute Gasteiger partial charge is 0.0176 e. The van der Waals surface area contributed by atoms with Crippen LogP contribution in [0.3, 0.4) is 0 Å². The Hall–Kier alpha value is -0.120. The molecule has 0 heterocycles. The largest absolute Gasteiger partial charge is 0.272 e. The lowest BCUT2D eigenvalue weighted by atomic mass is 10.4. The van der Waals surface area contributed by atoms with E-state index < -0.39 is 0 Å². The van der Waals surface area contributed by atoms with Gasteiger partial charge in [-0.25, -0.2) is 0 Å². The Labute approximate surface area is 99.9 Å². The highest BCUT2D eigenvalue weighted by Gasteiger charge is 2.10. The predicted molar refractivity (Wildman–Crippen MR) is 74.7 cm³/mol. The molecule has 0 saturated heterocycles. The van der Waals surface area contributed by atoms with Gasteiger partial charge < -0.3 is 0 Å². The van der Waals surface area contributed by atoms with E-state index in [2.05, 4.69) is 62.7 Å². The van der Waals surface area contributed by atoms with Gasteiger partial charge in [0.25, 0.3) is 0 Å². The molecule has 0 amide bonds. The summed E-state index contributed by atoms with van der Waals surface area (Å²) in [6.07, 6.45) is 0. The van der Waals surface area contributed by atoms with Gasteiger partial charge in [0.15, 0.2) is 0 Å². The summed E-state index contributed by atoms with van der Waals surface area (Å²) in [5.41, 5.74) is 0. The molecule has 1 rings (SSSR count). The third-order valence-electron chi connectivity index (χ3n) is 1.80. The normalized spacial score (nSPS) is 14.7. The molecule has 0 spiro atoms. The van der Waals surface area contributed by atoms with E-state index in [9.17, 15) is 0 Å². The minimum Gasteiger partial charge on any atom is -0.272 e. The van der Waals surface area contributed by atoms with E-state index >= 15 is 0 Å². The second kappa shape index (κ2) is 6.46. The summed E-state index contributed by atoms with van der Waals surface area (Å²) >= 11 is 0. The highest BCUT2D eigenvalue weighted by Crippen LogP contribution is 2.46. The van der Waals surface area contributed by atoms with Gasteiger partial charge in [0.1, 0.15) is 0 Å². The SMILES string of the molecule is CC(C)N[SH](Sc1ccccc1)C(C)C. The highest BCUT2D eigenvalue weighted by molar-refractivity contribution is 8.84. The van der Waals surface area contributed by atoms with Gasteiger partial charge in [0.2, 0.25) is 0 Å². The maximum Gasteiger partial charge on any atom is 0.0176 e. The standard InChI is InChI=1S/C12H21NS2/c1-10(2)13-15(11(3)4)14-12-8-6-5-7-9-12/h5-11,13,15H,1-4H3. The second-order valence-corrected chi connectivity index (χ2v) is 8.43. The first kappa shape index (κ1) is 12.9. The average molecular weight is 243 g/mol. The molecule has 0 aliphatic heterocycles. The Morgan fingerprint density at radius 1 is 1.07 bits per heavy atom. The van der Waals surface area contributed by atoms with Crippen LogP contribution in [-0.2, 0) is 0 Å². The summed E-state index contributed by atoms with van der Waals surface area (Å²) in [6, 6.07) is 11.2. The molecular formula is C12H21NS2. The topological polar surface area (TPSA) is 12.0 Å². The van der Waals surface area contributed by atoms with E-state index in [0.717, 1.165) is 0 Å². The number of nitrogens with one attached hydrogen (secondary N) is 1. The fraction of sp³-hybridized carbons (Fsp3) is 0.500. The number of hydrogen-bond acceptors (Lipinski definition) is 2. The summed E-state index contributed by atoms with van der Waals surface area (Å²) < 4.78 is 3.66. The zero-order valence-corrected chi connectivity index (χ0v) is 11.6. The van der Waals surface area contributed by atoms with Crippen LogP contribution in [0.2, 0.25) is 0 Å². The van der Waals surface area contributed by atoms with Crippen LogP contribution in [0.4, 0.5) is 0 Å². The van der Waals surface area contributed by atoms with Crippen molar-refractivity contribution in [2.45, 2.75) is 43.9 Å². The van der Waals surface area contributed by atoms with Crippen molar-refractivity contribution in [3.63, 3.8) is 0 Å². The van der Waals surface area contributed by atoms with Crippen molar-refractivity contribution in [2.75, 3.05) is 0 Å². The van der Waals surface area contributed by atoms with E-state index in [1.165, 1.54) is 4.90 Å². The molecule has 1 aromatic carbocycles. The molecule has 1 aromatic rings. The quantitative estimate of drug-likeness (QED) is 0.598. The van der Waals surface area contributed by atoms with E-state index in [4.69, 9.17) is 0 Å². The molecule has 15 heavy (non-hydrogen) atoms. The molecule has 0 radical (unpaired) electrons. The lowest BCUT2D eigenvalue weighted by Gasteiger charge is -2.28. The van der Waals surface area contributed by atoms with Crippen molar-refractivity contribution in [3.05, 3.63) is 30.3 Å². The molecule has 0 bridgehead atoms. The van der Waals surface area contributed by atoms with Gasteiger partial charge in [-0.15, -0.1) is 10.1 Å². The molecule has 1 nitrogen and oxygen atoms in total. The fourth-order valence-corrected chi connectivity index (χ4v) is 5.18. The summed E-state index contributed by atoms with van der Waals surface area (Å²) in [5.74, 6) is 0. The highest BCUT2D eigenvalue weighted by atomic mass is 33.1. The zero-order chi connectivity index (χ0) is 11.3. The molecule has 3 heteroatoms. The van der Waals surface area contributed by atoms with Crippen LogP contribution in [0.5, 0.6) is 0 Å². The van der Waals surface area contributed by atoms with Crippen LogP contribution in [0.15, 0.2) is 35.2 Å². The van der Waals surface area contributed by atoms with Crippen molar-refractivity contribution in [2.24, 2.45) is 0 Å². The Morgan fingerprint density at radius 3 is 2.13 bits per heavy atom.